The van der Waals surface area contributed by atoms with Crippen molar-refractivity contribution in [1.29, 1.82) is 0 Å². The highest BCUT2D eigenvalue weighted by atomic mass is 32.2. The van der Waals surface area contributed by atoms with Crippen LogP contribution in [-0.2, 0) is 10.0 Å². The second-order valence-electron chi connectivity index (χ2n) is 4.76. The van der Waals surface area contributed by atoms with Crippen LogP contribution in [0.2, 0.25) is 0 Å². The van der Waals surface area contributed by atoms with Gasteiger partial charge in [0.1, 0.15) is 10.7 Å². The van der Waals surface area contributed by atoms with Crippen molar-refractivity contribution in [2.24, 2.45) is 5.92 Å². The molecule has 1 aliphatic carbocycles. The highest BCUT2D eigenvalue weighted by Crippen LogP contribution is 2.29. The Kier molecular flexibility index (Phi) is 3.59. The zero-order valence-electron chi connectivity index (χ0n) is 10.3. The molecule has 1 aromatic carbocycles. The third kappa shape index (κ3) is 2.49. The number of sulfonamides is 1. The van der Waals surface area contributed by atoms with Crippen LogP contribution in [0.4, 0.5) is 10.1 Å². The number of nitrogens with zero attached hydrogens (tertiary/aromatic N) is 1. The van der Waals surface area contributed by atoms with Crippen molar-refractivity contribution in [1.82, 2.24) is 4.31 Å². The van der Waals surface area contributed by atoms with Crippen LogP contribution in [0.15, 0.2) is 23.1 Å². The molecule has 0 saturated heterocycles. The fraction of sp³-hybridized carbons (Fsp3) is 0.500. The van der Waals surface area contributed by atoms with E-state index in [1.807, 2.05) is 0 Å². The number of rotatable bonds is 4. The summed E-state index contributed by atoms with van der Waals surface area (Å²) in [5.74, 6) is -0.0976. The van der Waals surface area contributed by atoms with Crippen molar-refractivity contribution >= 4 is 15.7 Å². The van der Waals surface area contributed by atoms with Gasteiger partial charge in [0.2, 0.25) is 10.0 Å². The molecule has 4 nitrogen and oxygen atoms in total. The minimum Gasteiger partial charge on any atom is -0.398 e. The maximum absolute atomic E-state index is 12.9. The van der Waals surface area contributed by atoms with Gasteiger partial charge in [-0.15, -0.1) is 0 Å². The van der Waals surface area contributed by atoms with Gasteiger partial charge in [-0.2, -0.15) is 0 Å². The van der Waals surface area contributed by atoms with E-state index in [2.05, 4.69) is 0 Å². The van der Waals surface area contributed by atoms with E-state index in [4.69, 9.17) is 5.73 Å². The molecule has 6 heteroatoms. The number of hydrogen-bond acceptors (Lipinski definition) is 3. The lowest BCUT2D eigenvalue weighted by molar-refractivity contribution is 0.263. The molecule has 1 saturated carbocycles. The first-order valence-corrected chi connectivity index (χ1v) is 7.36. The van der Waals surface area contributed by atoms with E-state index < -0.39 is 15.8 Å². The largest absolute Gasteiger partial charge is 0.398 e. The van der Waals surface area contributed by atoms with Gasteiger partial charge >= 0.3 is 0 Å². The summed E-state index contributed by atoms with van der Waals surface area (Å²) in [6.45, 7) is 0.499. The first-order valence-electron chi connectivity index (χ1n) is 5.92. The fourth-order valence-corrected chi connectivity index (χ4v) is 3.40. The van der Waals surface area contributed by atoms with Crippen molar-refractivity contribution in [3.8, 4) is 0 Å². The van der Waals surface area contributed by atoms with Gasteiger partial charge in [0.15, 0.2) is 0 Å². The molecule has 0 amide bonds. The maximum atomic E-state index is 12.9. The molecule has 0 unspecified atom stereocenters. The van der Waals surface area contributed by atoms with Crippen LogP contribution in [0, 0.1) is 11.7 Å². The van der Waals surface area contributed by atoms with E-state index in [1.54, 1.807) is 0 Å². The van der Waals surface area contributed by atoms with Gasteiger partial charge in [-0.3, -0.25) is 0 Å². The second kappa shape index (κ2) is 4.85. The molecule has 0 atom stereocenters. The Morgan fingerprint density at radius 1 is 1.44 bits per heavy atom. The molecule has 1 fully saturated rings. The molecule has 2 rings (SSSR count). The third-order valence-electron chi connectivity index (χ3n) is 3.40. The summed E-state index contributed by atoms with van der Waals surface area (Å²) < 4.78 is 38.8. The van der Waals surface area contributed by atoms with Crippen LogP contribution < -0.4 is 5.73 Å². The minimum atomic E-state index is -3.62. The molecule has 100 valence electrons. The average molecular weight is 272 g/mol. The van der Waals surface area contributed by atoms with Crippen LogP contribution in [-0.4, -0.2) is 26.3 Å². The van der Waals surface area contributed by atoms with Crippen LogP contribution in [0.3, 0.4) is 0 Å². The Morgan fingerprint density at radius 3 is 2.61 bits per heavy atom. The summed E-state index contributed by atoms with van der Waals surface area (Å²) >= 11 is 0. The van der Waals surface area contributed by atoms with Crippen LogP contribution in [0.5, 0.6) is 0 Å². The SMILES string of the molecule is CN(CC1CCC1)S(=O)(=O)c1ccc(F)cc1N. The fourth-order valence-electron chi connectivity index (χ4n) is 2.06. The summed E-state index contributed by atoms with van der Waals surface area (Å²) in [4.78, 5) is -0.0225. The number of hydrogen-bond donors (Lipinski definition) is 1. The number of halogens is 1. The van der Waals surface area contributed by atoms with Crippen molar-refractivity contribution in [3.63, 3.8) is 0 Å². The molecule has 1 aliphatic rings. The van der Waals surface area contributed by atoms with Gasteiger partial charge in [-0.25, -0.2) is 17.1 Å². The Morgan fingerprint density at radius 2 is 2.11 bits per heavy atom. The molecule has 0 spiro atoms. The Bertz CT molecular complexity index is 541. The lowest BCUT2D eigenvalue weighted by atomic mass is 9.86. The molecule has 18 heavy (non-hydrogen) atoms. The summed E-state index contributed by atoms with van der Waals surface area (Å²) in [6, 6.07) is 3.36. The van der Waals surface area contributed by atoms with E-state index in [0.29, 0.717) is 12.5 Å². The van der Waals surface area contributed by atoms with Crippen molar-refractivity contribution in [2.45, 2.75) is 24.2 Å². The number of nitrogen functional groups attached to an aromatic ring is 1. The van der Waals surface area contributed by atoms with Gasteiger partial charge in [-0.1, -0.05) is 6.42 Å². The highest BCUT2D eigenvalue weighted by Gasteiger charge is 2.28. The van der Waals surface area contributed by atoms with E-state index in [-0.39, 0.29) is 10.6 Å². The van der Waals surface area contributed by atoms with Crippen LogP contribution in [0.25, 0.3) is 0 Å². The molecule has 0 bridgehead atoms. The van der Waals surface area contributed by atoms with Gasteiger partial charge in [-0.05, 0) is 37.0 Å². The normalized spacial score (nSPS) is 16.8. The summed E-state index contributed by atoms with van der Waals surface area (Å²) in [7, 11) is -2.08. The molecule has 0 heterocycles. The Hall–Kier alpha value is -1.14. The molecule has 1 aromatic rings. The van der Waals surface area contributed by atoms with Crippen LogP contribution >= 0.6 is 0 Å². The summed E-state index contributed by atoms with van der Waals surface area (Å²) in [6.07, 6.45) is 3.30. The molecule has 0 aromatic heterocycles. The van der Waals surface area contributed by atoms with Crippen molar-refractivity contribution in [2.75, 3.05) is 19.3 Å². The Balaban J connectivity index is 2.23. The van der Waals surface area contributed by atoms with Crippen LogP contribution in [0.1, 0.15) is 19.3 Å². The molecule has 0 radical (unpaired) electrons. The predicted octanol–water partition coefficient (Wildman–Crippen LogP) is 1.83. The predicted molar refractivity (Wildman–Crippen MR) is 68.0 cm³/mol. The summed E-state index contributed by atoms with van der Waals surface area (Å²) in [5, 5.41) is 0. The first-order chi connectivity index (χ1) is 8.41. The van der Waals surface area contributed by atoms with Gasteiger partial charge in [0, 0.05) is 13.6 Å². The van der Waals surface area contributed by atoms with Gasteiger partial charge in [0.05, 0.1) is 5.69 Å². The molecule has 0 aliphatic heterocycles. The minimum absolute atomic E-state index is 0.0225. The van der Waals surface area contributed by atoms with E-state index in [1.165, 1.54) is 17.4 Å². The van der Waals surface area contributed by atoms with Crippen molar-refractivity contribution < 1.29 is 12.8 Å². The van der Waals surface area contributed by atoms with Gasteiger partial charge in [0.25, 0.3) is 0 Å². The standard InChI is InChI=1S/C12H17FN2O2S/c1-15(8-9-3-2-4-9)18(16,17)12-6-5-10(13)7-11(12)14/h5-7,9H,2-4,8,14H2,1H3. The third-order valence-corrected chi connectivity index (χ3v) is 5.30. The lowest BCUT2D eigenvalue weighted by Gasteiger charge is -2.29. The number of nitrogens with two attached hydrogens (primary N) is 1. The first kappa shape index (κ1) is 13.3. The number of benzene rings is 1. The molecular formula is C12H17FN2O2S. The zero-order chi connectivity index (χ0) is 13.3. The maximum Gasteiger partial charge on any atom is 0.244 e. The van der Waals surface area contributed by atoms with E-state index in [9.17, 15) is 12.8 Å². The highest BCUT2D eigenvalue weighted by molar-refractivity contribution is 7.89. The van der Waals surface area contributed by atoms with Crippen molar-refractivity contribution in [3.05, 3.63) is 24.0 Å². The quantitative estimate of drug-likeness (QED) is 0.850. The average Bonchev–Trinajstić information content (AvgIpc) is 2.22. The number of anilines is 1. The lowest BCUT2D eigenvalue weighted by Crippen LogP contribution is -2.34. The topological polar surface area (TPSA) is 63.4 Å². The van der Waals surface area contributed by atoms with E-state index >= 15 is 0 Å². The second-order valence-corrected chi connectivity index (χ2v) is 6.78. The van der Waals surface area contributed by atoms with Gasteiger partial charge < -0.3 is 5.73 Å². The summed E-state index contributed by atoms with van der Waals surface area (Å²) in [5.41, 5.74) is 5.53. The molecule has 2 N–H and O–H groups in total. The smallest absolute Gasteiger partial charge is 0.244 e. The Labute approximate surface area is 107 Å². The monoisotopic (exact) mass is 272 g/mol. The van der Waals surface area contributed by atoms with E-state index in [0.717, 1.165) is 31.4 Å². The molecular weight excluding hydrogens is 255 g/mol. The zero-order valence-corrected chi connectivity index (χ0v) is 11.1.